The van der Waals surface area contributed by atoms with E-state index in [1.54, 1.807) is 0 Å². The van der Waals surface area contributed by atoms with Gasteiger partial charge in [-0.05, 0) is 36.1 Å². The number of amides is 1. The van der Waals surface area contributed by atoms with Crippen molar-refractivity contribution in [2.45, 2.75) is 25.8 Å². The first-order valence-electron chi connectivity index (χ1n) is 9.53. The highest BCUT2D eigenvalue weighted by Gasteiger charge is 2.22. The van der Waals surface area contributed by atoms with Crippen LogP contribution in [-0.4, -0.2) is 37.4 Å². The predicted octanol–water partition coefficient (Wildman–Crippen LogP) is 1.68. The van der Waals surface area contributed by atoms with Crippen molar-refractivity contribution < 1.29 is 14.5 Å². The number of quaternary nitrogens is 1. The van der Waals surface area contributed by atoms with Crippen molar-refractivity contribution in [3.63, 3.8) is 0 Å². The molecule has 0 spiro atoms. The number of nitrogens with one attached hydrogen (secondary N) is 2. The minimum atomic E-state index is -0.459. The molecule has 0 aliphatic carbocycles. The summed E-state index contributed by atoms with van der Waals surface area (Å²) in [6.45, 7) is 3.70. The third-order valence-corrected chi connectivity index (χ3v) is 5.05. The van der Waals surface area contributed by atoms with Crippen molar-refractivity contribution in [2.75, 3.05) is 19.6 Å². The van der Waals surface area contributed by atoms with E-state index in [1.165, 1.54) is 23.0 Å². The summed E-state index contributed by atoms with van der Waals surface area (Å²) in [6.07, 6.45) is 3.73. The summed E-state index contributed by atoms with van der Waals surface area (Å²) in [6, 6.07) is 19.7. The minimum absolute atomic E-state index is 0.00731. The van der Waals surface area contributed by atoms with Crippen molar-refractivity contribution in [2.24, 2.45) is 0 Å². The first kappa shape index (κ1) is 19.1. The molecule has 0 saturated heterocycles. The second-order valence-corrected chi connectivity index (χ2v) is 7.15. The molecule has 1 amide bonds. The zero-order chi connectivity index (χ0) is 19.1. The number of hydrogen-bond acceptors (Lipinski definition) is 2. The molecule has 2 aromatic rings. The lowest BCUT2D eigenvalue weighted by Gasteiger charge is -2.24. The van der Waals surface area contributed by atoms with Crippen LogP contribution in [0.1, 0.15) is 24.5 Å². The van der Waals surface area contributed by atoms with Gasteiger partial charge < -0.3 is 10.2 Å². The average molecular weight is 363 g/mol. The first-order chi connectivity index (χ1) is 13.1. The van der Waals surface area contributed by atoms with Gasteiger partial charge >= 0.3 is 0 Å². The zero-order valence-corrected chi connectivity index (χ0v) is 15.8. The van der Waals surface area contributed by atoms with Gasteiger partial charge in [-0.3, -0.25) is 9.59 Å². The van der Waals surface area contributed by atoms with Gasteiger partial charge in [0.05, 0.1) is 19.1 Å². The molecule has 1 unspecified atom stereocenters. The Bertz CT molecular complexity index is 800. The van der Waals surface area contributed by atoms with Crippen LogP contribution in [0.4, 0.5) is 0 Å². The number of carbonyl (C=O) groups excluding carboxylic acids is 2. The van der Waals surface area contributed by atoms with Crippen LogP contribution in [0.5, 0.6) is 0 Å². The number of rotatable bonds is 7. The summed E-state index contributed by atoms with van der Waals surface area (Å²) in [5.41, 5.74) is 3.67. The first-order valence-corrected chi connectivity index (χ1v) is 9.53. The maximum Gasteiger partial charge on any atom is 0.275 e. The maximum atomic E-state index is 12.5. The van der Waals surface area contributed by atoms with Crippen LogP contribution in [-0.2, 0) is 16.0 Å². The SMILES string of the molecule is CC(=O)[C@H](Cc1ccccc1)NC(=O)C[NH+]1CC=C(c2ccccc2)CC1. The summed E-state index contributed by atoms with van der Waals surface area (Å²) in [4.78, 5) is 25.6. The lowest BCUT2D eigenvalue weighted by molar-refractivity contribution is -0.886. The molecule has 140 valence electrons. The minimum Gasteiger partial charge on any atom is -0.341 e. The summed E-state index contributed by atoms with van der Waals surface area (Å²) in [5.74, 6) is -0.0650. The summed E-state index contributed by atoms with van der Waals surface area (Å²) in [7, 11) is 0. The highest BCUT2D eigenvalue weighted by atomic mass is 16.2. The number of benzene rings is 2. The lowest BCUT2D eigenvalue weighted by Crippen LogP contribution is -3.13. The highest BCUT2D eigenvalue weighted by Crippen LogP contribution is 2.17. The van der Waals surface area contributed by atoms with Gasteiger partial charge in [0.1, 0.15) is 0 Å². The average Bonchev–Trinajstić information content (AvgIpc) is 2.69. The Balaban J connectivity index is 1.52. The second-order valence-electron chi connectivity index (χ2n) is 7.15. The fraction of sp³-hybridized carbons (Fsp3) is 0.304. The quantitative estimate of drug-likeness (QED) is 0.786. The normalized spacial score (nSPS) is 17.7. The van der Waals surface area contributed by atoms with E-state index in [4.69, 9.17) is 0 Å². The molecule has 4 nitrogen and oxygen atoms in total. The van der Waals surface area contributed by atoms with Gasteiger partial charge in [0.15, 0.2) is 12.3 Å². The highest BCUT2D eigenvalue weighted by molar-refractivity contribution is 5.88. The molecule has 1 aliphatic rings. The van der Waals surface area contributed by atoms with E-state index in [0.29, 0.717) is 13.0 Å². The predicted molar refractivity (Wildman–Crippen MR) is 107 cm³/mol. The summed E-state index contributed by atoms with van der Waals surface area (Å²) >= 11 is 0. The van der Waals surface area contributed by atoms with Gasteiger partial charge in [0, 0.05) is 6.42 Å². The van der Waals surface area contributed by atoms with Gasteiger partial charge in [-0.2, -0.15) is 0 Å². The van der Waals surface area contributed by atoms with Gasteiger partial charge in [0.2, 0.25) is 0 Å². The molecule has 3 rings (SSSR count). The van der Waals surface area contributed by atoms with Crippen LogP contribution in [0.2, 0.25) is 0 Å². The molecule has 0 saturated carbocycles. The van der Waals surface area contributed by atoms with Crippen molar-refractivity contribution in [3.8, 4) is 0 Å². The monoisotopic (exact) mass is 363 g/mol. The van der Waals surface area contributed by atoms with Crippen molar-refractivity contribution in [1.82, 2.24) is 5.32 Å². The van der Waals surface area contributed by atoms with E-state index in [9.17, 15) is 9.59 Å². The Labute approximate surface area is 160 Å². The van der Waals surface area contributed by atoms with Crippen molar-refractivity contribution in [3.05, 3.63) is 77.9 Å². The number of hydrogen-bond donors (Lipinski definition) is 2. The van der Waals surface area contributed by atoms with E-state index in [-0.39, 0.29) is 11.7 Å². The smallest absolute Gasteiger partial charge is 0.275 e. The molecule has 1 heterocycles. The second kappa shape index (κ2) is 9.28. The van der Waals surface area contributed by atoms with Crippen molar-refractivity contribution in [1.29, 1.82) is 0 Å². The number of carbonyl (C=O) groups is 2. The largest absolute Gasteiger partial charge is 0.341 e. The van der Waals surface area contributed by atoms with Crippen LogP contribution in [0, 0.1) is 0 Å². The van der Waals surface area contributed by atoms with E-state index in [2.05, 4.69) is 35.7 Å². The Morgan fingerprint density at radius 1 is 1.04 bits per heavy atom. The molecule has 2 N–H and O–H groups in total. The van der Waals surface area contributed by atoms with Crippen LogP contribution >= 0.6 is 0 Å². The van der Waals surface area contributed by atoms with Crippen molar-refractivity contribution >= 4 is 17.3 Å². The number of ketones is 1. The fourth-order valence-corrected chi connectivity index (χ4v) is 3.48. The van der Waals surface area contributed by atoms with Gasteiger partial charge in [-0.15, -0.1) is 0 Å². The zero-order valence-electron chi connectivity index (χ0n) is 15.8. The molecule has 27 heavy (non-hydrogen) atoms. The Morgan fingerprint density at radius 3 is 2.30 bits per heavy atom. The van der Waals surface area contributed by atoms with Gasteiger partial charge in [-0.1, -0.05) is 60.7 Å². The van der Waals surface area contributed by atoms with E-state index >= 15 is 0 Å². The fourth-order valence-electron chi connectivity index (χ4n) is 3.48. The van der Waals surface area contributed by atoms with Gasteiger partial charge in [-0.25, -0.2) is 0 Å². The standard InChI is InChI=1S/C23H26N2O2/c1-18(26)22(16-19-8-4-2-5-9-19)24-23(27)17-25-14-12-21(13-15-25)20-10-6-3-7-11-20/h2-12,22H,13-17H2,1H3,(H,24,27)/p+1/t22-/m0/s1. The van der Waals surface area contributed by atoms with E-state index in [1.807, 2.05) is 36.4 Å². The van der Waals surface area contributed by atoms with E-state index < -0.39 is 6.04 Å². The molecule has 0 fully saturated rings. The van der Waals surface area contributed by atoms with Crippen LogP contribution < -0.4 is 10.2 Å². The molecular formula is C23H27N2O2+. The number of Topliss-reactive ketones (excluding diaryl/α,β-unsaturated/α-hetero) is 1. The molecule has 2 atom stereocenters. The molecule has 2 aromatic carbocycles. The molecule has 4 heteroatoms. The van der Waals surface area contributed by atoms with Crippen LogP contribution in [0.25, 0.3) is 5.57 Å². The lowest BCUT2D eigenvalue weighted by atomic mass is 9.99. The van der Waals surface area contributed by atoms with Crippen LogP contribution in [0.15, 0.2) is 66.7 Å². The molecular weight excluding hydrogens is 336 g/mol. The molecule has 0 bridgehead atoms. The molecule has 0 radical (unpaired) electrons. The Hall–Kier alpha value is -2.72. The molecule has 0 aromatic heterocycles. The summed E-state index contributed by atoms with van der Waals surface area (Å²) < 4.78 is 0. The van der Waals surface area contributed by atoms with Crippen LogP contribution in [0.3, 0.4) is 0 Å². The maximum absolute atomic E-state index is 12.5. The third-order valence-electron chi connectivity index (χ3n) is 5.05. The summed E-state index contributed by atoms with van der Waals surface area (Å²) in [5, 5.41) is 2.93. The topological polar surface area (TPSA) is 50.6 Å². The third kappa shape index (κ3) is 5.63. The van der Waals surface area contributed by atoms with Gasteiger partial charge in [0.25, 0.3) is 5.91 Å². The Morgan fingerprint density at radius 2 is 1.70 bits per heavy atom. The molecule has 1 aliphatic heterocycles. The Kier molecular flexibility index (Phi) is 6.55. The van der Waals surface area contributed by atoms with E-state index in [0.717, 1.165) is 25.1 Å².